The number of hydrogen-bond donors (Lipinski definition) is 1. The molecule has 0 aromatic carbocycles. The summed E-state index contributed by atoms with van der Waals surface area (Å²) in [4.78, 5) is 4.40. The fraction of sp³-hybridized carbons (Fsp3) is 0.750. The number of rotatable bonds is 7. The van der Waals surface area contributed by atoms with E-state index in [0.717, 1.165) is 55.4 Å². The molecule has 1 aromatic heterocycles. The van der Waals surface area contributed by atoms with Gasteiger partial charge in [0.15, 0.2) is 5.82 Å². The summed E-state index contributed by atoms with van der Waals surface area (Å²) in [6, 6.07) is 0. The lowest BCUT2D eigenvalue weighted by atomic mass is 9.93. The number of fused-ring (bicyclic) bond motifs is 2. The van der Waals surface area contributed by atoms with Crippen LogP contribution in [0.2, 0.25) is 0 Å². The first kappa shape index (κ1) is 13.8. The minimum absolute atomic E-state index is 0.344. The van der Waals surface area contributed by atoms with Crippen molar-refractivity contribution < 1.29 is 4.52 Å². The summed E-state index contributed by atoms with van der Waals surface area (Å²) < 4.78 is 5.25. The fourth-order valence-electron chi connectivity index (χ4n) is 3.39. The van der Waals surface area contributed by atoms with Gasteiger partial charge < -0.3 is 9.84 Å². The zero-order valence-corrected chi connectivity index (χ0v) is 12.5. The number of aryl methyl sites for hydroxylation is 1. The molecule has 0 saturated heterocycles. The second-order valence-electron chi connectivity index (χ2n) is 6.55. The Labute approximate surface area is 121 Å². The maximum absolute atomic E-state index is 5.25. The Bertz CT molecular complexity index is 466. The second kappa shape index (κ2) is 6.08. The van der Waals surface area contributed by atoms with Crippen LogP contribution in [0.4, 0.5) is 0 Å². The summed E-state index contributed by atoms with van der Waals surface area (Å²) in [7, 11) is 0. The van der Waals surface area contributed by atoms with Gasteiger partial charge in [-0.25, -0.2) is 0 Å². The molecule has 2 bridgehead atoms. The molecule has 1 aromatic rings. The predicted octanol–water partition coefficient (Wildman–Crippen LogP) is 2.93. The first-order valence-electron chi connectivity index (χ1n) is 7.94. The van der Waals surface area contributed by atoms with Gasteiger partial charge in [-0.05, 0) is 50.1 Å². The van der Waals surface area contributed by atoms with Crippen LogP contribution in [0.1, 0.15) is 50.7 Å². The molecule has 3 atom stereocenters. The third-order valence-corrected chi connectivity index (χ3v) is 4.57. The molecule has 0 radical (unpaired) electrons. The molecule has 2 aliphatic carbocycles. The highest BCUT2D eigenvalue weighted by Crippen LogP contribution is 2.42. The van der Waals surface area contributed by atoms with E-state index in [9.17, 15) is 0 Å². The molecule has 1 heterocycles. The Balaban J connectivity index is 1.31. The highest BCUT2D eigenvalue weighted by molar-refractivity contribution is 5.10. The molecular formula is C16H25N3O. The number of allylic oxidation sites excluding steroid dienone is 2. The average Bonchev–Trinajstić information content (AvgIpc) is 3.14. The highest BCUT2D eigenvalue weighted by Gasteiger charge is 2.34. The summed E-state index contributed by atoms with van der Waals surface area (Å²) in [6.45, 7) is 6.36. The number of hydrogen-bond acceptors (Lipinski definition) is 4. The molecule has 0 amide bonds. The van der Waals surface area contributed by atoms with Crippen LogP contribution >= 0.6 is 0 Å². The van der Waals surface area contributed by atoms with Gasteiger partial charge in [-0.1, -0.05) is 31.2 Å². The van der Waals surface area contributed by atoms with E-state index in [0.29, 0.717) is 5.92 Å². The van der Waals surface area contributed by atoms with Gasteiger partial charge in [0, 0.05) is 12.3 Å². The SMILES string of the molecule is CC(C)c1noc(CCCNC[C@H]2C[C@H]3C=C[C@H]2C3)n1. The molecule has 2 aliphatic rings. The Morgan fingerprint density at radius 1 is 1.35 bits per heavy atom. The molecule has 0 spiro atoms. The molecule has 3 rings (SSSR count). The summed E-state index contributed by atoms with van der Waals surface area (Å²) in [5.41, 5.74) is 0. The van der Waals surface area contributed by atoms with E-state index in [1.54, 1.807) is 0 Å². The van der Waals surface area contributed by atoms with Gasteiger partial charge in [-0.15, -0.1) is 0 Å². The van der Waals surface area contributed by atoms with Gasteiger partial charge in [0.05, 0.1) is 0 Å². The van der Waals surface area contributed by atoms with E-state index in [1.807, 2.05) is 0 Å². The molecule has 4 nitrogen and oxygen atoms in total. The molecule has 0 aliphatic heterocycles. The number of aromatic nitrogens is 2. The molecule has 110 valence electrons. The van der Waals surface area contributed by atoms with Crippen LogP contribution in [0.25, 0.3) is 0 Å². The van der Waals surface area contributed by atoms with Crippen LogP contribution in [0.15, 0.2) is 16.7 Å². The summed E-state index contributed by atoms with van der Waals surface area (Å²) in [5.74, 6) is 4.52. The first-order valence-corrected chi connectivity index (χ1v) is 7.94. The number of nitrogens with one attached hydrogen (secondary N) is 1. The minimum Gasteiger partial charge on any atom is -0.339 e. The van der Waals surface area contributed by atoms with Crippen molar-refractivity contribution in [2.24, 2.45) is 17.8 Å². The van der Waals surface area contributed by atoms with Crippen LogP contribution in [0, 0.1) is 17.8 Å². The van der Waals surface area contributed by atoms with Crippen LogP contribution < -0.4 is 5.32 Å². The van der Waals surface area contributed by atoms with Crippen LogP contribution in [0.5, 0.6) is 0 Å². The zero-order valence-electron chi connectivity index (χ0n) is 12.5. The minimum atomic E-state index is 0.344. The van der Waals surface area contributed by atoms with Crippen molar-refractivity contribution in [3.05, 3.63) is 23.9 Å². The molecule has 20 heavy (non-hydrogen) atoms. The topological polar surface area (TPSA) is 51.0 Å². The lowest BCUT2D eigenvalue weighted by Gasteiger charge is -2.18. The third-order valence-electron chi connectivity index (χ3n) is 4.57. The normalized spacial score (nSPS) is 27.9. The molecule has 0 unspecified atom stereocenters. The average molecular weight is 275 g/mol. The van der Waals surface area contributed by atoms with Crippen molar-refractivity contribution >= 4 is 0 Å². The van der Waals surface area contributed by atoms with Gasteiger partial charge in [0.2, 0.25) is 5.89 Å². The molecule has 1 N–H and O–H groups in total. The summed E-state index contributed by atoms with van der Waals surface area (Å²) in [5, 5.41) is 7.58. The Morgan fingerprint density at radius 2 is 2.25 bits per heavy atom. The predicted molar refractivity (Wildman–Crippen MR) is 78.4 cm³/mol. The van der Waals surface area contributed by atoms with E-state index < -0.39 is 0 Å². The van der Waals surface area contributed by atoms with Crippen molar-refractivity contribution in [1.29, 1.82) is 0 Å². The second-order valence-corrected chi connectivity index (χ2v) is 6.55. The maximum Gasteiger partial charge on any atom is 0.226 e. The first-order chi connectivity index (χ1) is 9.72. The monoisotopic (exact) mass is 275 g/mol. The van der Waals surface area contributed by atoms with E-state index in [1.165, 1.54) is 12.8 Å². The van der Waals surface area contributed by atoms with Crippen LogP contribution in [-0.4, -0.2) is 23.2 Å². The Hall–Kier alpha value is -1.16. The lowest BCUT2D eigenvalue weighted by Crippen LogP contribution is -2.26. The van der Waals surface area contributed by atoms with Crippen molar-refractivity contribution in [3.8, 4) is 0 Å². The van der Waals surface area contributed by atoms with Crippen LogP contribution in [0.3, 0.4) is 0 Å². The third kappa shape index (κ3) is 3.11. The standard InChI is InChI=1S/C16H25N3O/c1-11(2)16-18-15(20-19-16)4-3-7-17-10-14-9-12-5-6-13(14)8-12/h5-6,11-14,17H,3-4,7-10H2,1-2H3/t12-,13-,14+/m0/s1. The molecular weight excluding hydrogens is 250 g/mol. The number of nitrogens with zero attached hydrogens (tertiary/aromatic N) is 2. The smallest absolute Gasteiger partial charge is 0.226 e. The Morgan fingerprint density at radius 3 is 2.90 bits per heavy atom. The van der Waals surface area contributed by atoms with E-state index in [4.69, 9.17) is 4.52 Å². The van der Waals surface area contributed by atoms with Gasteiger partial charge in [0.1, 0.15) is 0 Å². The zero-order chi connectivity index (χ0) is 13.9. The van der Waals surface area contributed by atoms with Gasteiger partial charge in [-0.3, -0.25) is 0 Å². The summed E-state index contributed by atoms with van der Waals surface area (Å²) in [6.07, 6.45) is 9.55. The van der Waals surface area contributed by atoms with Crippen molar-refractivity contribution in [2.75, 3.05) is 13.1 Å². The lowest BCUT2D eigenvalue weighted by molar-refractivity contribution is 0.364. The van der Waals surface area contributed by atoms with Gasteiger partial charge in [-0.2, -0.15) is 4.98 Å². The van der Waals surface area contributed by atoms with Gasteiger partial charge in [0.25, 0.3) is 0 Å². The molecule has 1 fully saturated rings. The summed E-state index contributed by atoms with van der Waals surface area (Å²) >= 11 is 0. The van der Waals surface area contributed by atoms with E-state index in [2.05, 4.69) is 41.5 Å². The Kier molecular flexibility index (Phi) is 4.20. The molecule has 1 saturated carbocycles. The van der Waals surface area contributed by atoms with E-state index >= 15 is 0 Å². The quantitative estimate of drug-likeness (QED) is 0.614. The highest BCUT2D eigenvalue weighted by atomic mass is 16.5. The largest absolute Gasteiger partial charge is 0.339 e. The molecule has 4 heteroatoms. The van der Waals surface area contributed by atoms with Crippen molar-refractivity contribution in [1.82, 2.24) is 15.5 Å². The maximum atomic E-state index is 5.25. The van der Waals surface area contributed by atoms with Crippen molar-refractivity contribution in [2.45, 2.75) is 45.4 Å². The van der Waals surface area contributed by atoms with Gasteiger partial charge >= 0.3 is 0 Å². The van der Waals surface area contributed by atoms with Crippen LogP contribution in [-0.2, 0) is 6.42 Å². The van der Waals surface area contributed by atoms with E-state index in [-0.39, 0.29) is 0 Å². The van der Waals surface area contributed by atoms with Crippen molar-refractivity contribution in [3.63, 3.8) is 0 Å². The fourth-order valence-corrected chi connectivity index (χ4v) is 3.39.